The average Bonchev–Trinajstić information content (AvgIpc) is 2.57. The van der Waals surface area contributed by atoms with E-state index in [0.717, 1.165) is 44.2 Å². The van der Waals surface area contributed by atoms with Crippen molar-refractivity contribution in [2.45, 2.75) is 46.6 Å². The Bertz CT molecular complexity index is 504. The molecule has 1 fully saturated rings. The van der Waals surface area contributed by atoms with Gasteiger partial charge in [-0.05, 0) is 76.9 Å². The van der Waals surface area contributed by atoms with Gasteiger partial charge in [0.25, 0.3) is 5.91 Å². The molecule has 0 atom stereocenters. The summed E-state index contributed by atoms with van der Waals surface area (Å²) in [6, 6.07) is 8.41. The van der Waals surface area contributed by atoms with Crippen molar-refractivity contribution < 1.29 is 4.79 Å². The molecule has 1 aliphatic heterocycles. The lowest BCUT2D eigenvalue weighted by molar-refractivity contribution is 0.0944. The Kier molecular flexibility index (Phi) is 7.10. The van der Waals surface area contributed by atoms with E-state index < -0.39 is 0 Å². The third kappa shape index (κ3) is 5.23. The van der Waals surface area contributed by atoms with Crippen LogP contribution in [0, 0.1) is 5.92 Å². The van der Waals surface area contributed by atoms with Crippen LogP contribution in [0.3, 0.4) is 0 Å². The van der Waals surface area contributed by atoms with Gasteiger partial charge in [0.05, 0.1) is 0 Å². The first-order chi connectivity index (χ1) is 11.5. The fourth-order valence-electron chi connectivity index (χ4n) is 3.37. The van der Waals surface area contributed by atoms with Crippen LogP contribution in [0.2, 0.25) is 0 Å². The maximum atomic E-state index is 12.3. The zero-order valence-corrected chi connectivity index (χ0v) is 15.7. The molecule has 4 nitrogen and oxygen atoms in total. The maximum absolute atomic E-state index is 12.3. The number of likely N-dealkylation sites (tertiary alicyclic amines) is 1. The summed E-state index contributed by atoms with van der Waals surface area (Å²) in [5, 5.41) is 3.05. The summed E-state index contributed by atoms with van der Waals surface area (Å²) in [4.78, 5) is 17.0. The fourth-order valence-corrected chi connectivity index (χ4v) is 3.37. The number of anilines is 1. The van der Waals surface area contributed by atoms with Crippen LogP contribution < -0.4 is 10.2 Å². The van der Waals surface area contributed by atoms with Gasteiger partial charge < -0.3 is 15.1 Å². The van der Waals surface area contributed by atoms with Crippen LogP contribution >= 0.6 is 0 Å². The highest BCUT2D eigenvalue weighted by atomic mass is 16.1. The van der Waals surface area contributed by atoms with Crippen molar-refractivity contribution in [2.75, 3.05) is 37.6 Å². The second kappa shape index (κ2) is 9.07. The Hall–Kier alpha value is -1.55. The highest BCUT2D eigenvalue weighted by Crippen LogP contribution is 2.18. The fraction of sp³-hybridized carbons (Fsp3) is 0.650. The first kappa shape index (κ1) is 18.8. The van der Waals surface area contributed by atoms with E-state index in [1.807, 2.05) is 24.3 Å². The Morgan fingerprint density at radius 2 is 1.88 bits per heavy atom. The van der Waals surface area contributed by atoms with Crippen LogP contribution in [-0.2, 0) is 0 Å². The standard InChI is InChI=1S/C20H33N3O/c1-5-23(16(2)3)19-8-6-18(7-9-19)20(24)21-12-15-22-13-10-17(4)11-14-22/h6-9,16-17H,5,10-15H2,1-4H3,(H,21,24). The third-order valence-electron chi connectivity index (χ3n) is 5.02. The number of hydrogen-bond donors (Lipinski definition) is 1. The lowest BCUT2D eigenvalue weighted by Gasteiger charge is -2.30. The van der Waals surface area contributed by atoms with Gasteiger partial charge in [-0.2, -0.15) is 0 Å². The van der Waals surface area contributed by atoms with Crippen molar-refractivity contribution in [2.24, 2.45) is 5.92 Å². The molecular formula is C20H33N3O. The second-order valence-electron chi connectivity index (χ2n) is 7.21. The Balaban J connectivity index is 1.80. The van der Waals surface area contributed by atoms with Gasteiger partial charge in [-0.15, -0.1) is 0 Å². The number of carbonyl (C=O) groups excluding carboxylic acids is 1. The molecule has 1 heterocycles. The van der Waals surface area contributed by atoms with E-state index in [9.17, 15) is 4.79 Å². The highest BCUT2D eigenvalue weighted by molar-refractivity contribution is 5.94. The lowest BCUT2D eigenvalue weighted by Crippen LogP contribution is -2.39. The van der Waals surface area contributed by atoms with E-state index in [1.54, 1.807) is 0 Å². The number of benzene rings is 1. The van der Waals surface area contributed by atoms with E-state index in [1.165, 1.54) is 18.5 Å². The molecule has 1 aliphatic rings. The van der Waals surface area contributed by atoms with Gasteiger partial charge >= 0.3 is 0 Å². The maximum Gasteiger partial charge on any atom is 0.251 e. The topological polar surface area (TPSA) is 35.6 Å². The van der Waals surface area contributed by atoms with Gasteiger partial charge in [-0.1, -0.05) is 6.92 Å². The second-order valence-corrected chi connectivity index (χ2v) is 7.21. The Morgan fingerprint density at radius 1 is 1.25 bits per heavy atom. The molecule has 1 N–H and O–H groups in total. The van der Waals surface area contributed by atoms with Gasteiger partial charge in [0.15, 0.2) is 0 Å². The molecule has 0 unspecified atom stereocenters. The van der Waals surface area contributed by atoms with Crippen LogP contribution in [-0.4, -0.2) is 49.6 Å². The van der Waals surface area contributed by atoms with Gasteiger partial charge in [-0.25, -0.2) is 0 Å². The number of rotatable bonds is 7. The molecule has 0 saturated carbocycles. The first-order valence-corrected chi connectivity index (χ1v) is 9.38. The Labute approximate surface area is 147 Å². The molecule has 1 saturated heterocycles. The minimum atomic E-state index is 0.0273. The molecule has 0 bridgehead atoms. The van der Waals surface area contributed by atoms with E-state index in [2.05, 4.69) is 42.8 Å². The van der Waals surface area contributed by atoms with E-state index >= 15 is 0 Å². The van der Waals surface area contributed by atoms with Crippen LogP contribution in [0.15, 0.2) is 24.3 Å². The number of amides is 1. The predicted molar refractivity (Wildman–Crippen MR) is 102 cm³/mol. The molecule has 0 radical (unpaired) electrons. The van der Waals surface area contributed by atoms with Crippen molar-refractivity contribution >= 4 is 11.6 Å². The summed E-state index contributed by atoms with van der Waals surface area (Å²) in [6.45, 7) is 13.8. The smallest absolute Gasteiger partial charge is 0.251 e. The summed E-state index contributed by atoms with van der Waals surface area (Å²) in [5.74, 6) is 0.877. The SMILES string of the molecule is CCN(c1ccc(C(=O)NCCN2CCC(C)CC2)cc1)C(C)C. The minimum absolute atomic E-state index is 0.0273. The molecule has 0 spiro atoms. The summed E-state index contributed by atoms with van der Waals surface area (Å²) >= 11 is 0. The van der Waals surface area contributed by atoms with Crippen LogP contribution in [0.25, 0.3) is 0 Å². The van der Waals surface area contributed by atoms with Crippen molar-refractivity contribution in [3.05, 3.63) is 29.8 Å². The summed E-state index contributed by atoms with van der Waals surface area (Å²) in [7, 11) is 0. The lowest BCUT2D eigenvalue weighted by atomic mass is 9.99. The number of piperidine rings is 1. The zero-order valence-electron chi connectivity index (χ0n) is 15.7. The molecule has 1 aromatic rings. The van der Waals surface area contributed by atoms with E-state index in [0.29, 0.717) is 6.04 Å². The van der Waals surface area contributed by atoms with E-state index in [4.69, 9.17) is 0 Å². The van der Waals surface area contributed by atoms with E-state index in [-0.39, 0.29) is 5.91 Å². The van der Waals surface area contributed by atoms with Crippen molar-refractivity contribution in [3.63, 3.8) is 0 Å². The molecular weight excluding hydrogens is 298 g/mol. The van der Waals surface area contributed by atoms with Crippen LogP contribution in [0.4, 0.5) is 5.69 Å². The molecule has 24 heavy (non-hydrogen) atoms. The molecule has 134 valence electrons. The van der Waals surface area contributed by atoms with Gasteiger partial charge in [0, 0.05) is 36.9 Å². The Morgan fingerprint density at radius 3 is 2.42 bits per heavy atom. The zero-order chi connectivity index (χ0) is 17.5. The number of hydrogen-bond acceptors (Lipinski definition) is 3. The summed E-state index contributed by atoms with van der Waals surface area (Å²) in [6.07, 6.45) is 2.55. The van der Waals surface area contributed by atoms with Crippen LogP contribution in [0.1, 0.15) is 50.9 Å². The normalized spacial score (nSPS) is 16.4. The number of nitrogens with one attached hydrogen (secondary N) is 1. The summed E-state index contributed by atoms with van der Waals surface area (Å²) < 4.78 is 0. The number of carbonyl (C=O) groups is 1. The monoisotopic (exact) mass is 331 g/mol. The van der Waals surface area contributed by atoms with Crippen molar-refractivity contribution in [3.8, 4) is 0 Å². The molecule has 4 heteroatoms. The third-order valence-corrected chi connectivity index (χ3v) is 5.02. The molecule has 1 amide bonds. The molecule has 1 aromatic carbocycles. The molecule has 2 rings (SSSR count). The molecule has 0 aliphatic carbocycles. The van der Waals surface area contributed by atoms with Gasteiger partial charge in [-0.3, -0.25) is 4.79 Å². The van der Waals surface area contributed by atoms with Crippen molar-refractivity contribution in [1.29, 1.82) is 0 Å². The van der Waals surface area contributed by atoms with Gasteiger partial charge in [0.1, 0.15) is 0 Å². The summed E-state index contributed by atoms with van der Waals surface area (Å²) in [5.41, 5.74) is 1.91. The predicted octanol–water partition coefficient (Wildman–Crippen LogP) is 3.38. The van der Waals surface area contributed by atoms with Crippen LogP contribution in [0.5, 0.6) is 0 Å². The molecule has 0 aromatic heterocycles. The first-order valence-electron chi connectivity index (χ1n) is 9.38. The average molecular weight is 332 g/mol. The highest BCUT2D eigenvalue weighted by Gasteiger charge is 2.15. The minimum Gasteiger partial charge on any atom is -0.369 e. The number of nitrogens with zero attached hydrogens (tertiary/aromatic N) is 2. The van der Waals surface area contributed by atoms with Gasteiger partial charge in [0.2, 0.25) is 0 Å². The quantitative estimate of drug-likeness (QED) is 0.832. The van der Waals surface area contributed by atoms with Crippen molar-refractivity contribution in [1.82, 2.24) is 10.2 Å². The largest absolute Gasteiger partial charge is 0.369 e.